The summed E-state index contributed by atoms with van der Waals surface area (Å²) in [5, 5.41) is 6.22. The van der Waals surface area contributed by atoms with Crippen LogP contribution in [-0.4, -0.2) is 26.7 Å². The summed E-state index contributed by atoms with van der Waals surface area (Å²) in [6, 6.07) is 15.0. The fraction of sp³-hybridized carbons (Fsp3) is 0.167. The normalized spacial score (nSPS) is 18.0. The van der Waals surface area contributed by atoms with Gasteiger partial charge in [0.15, 0.2) is 0 Å². The molecule has 1 aliphatic carbocycles. The maximum atomic E-state index is 12.8. The number of nitrogens with one attached hydrogen (secondary N) is 2. The summed E-state index contributed by atoms with van der Waals surface area (Å²) < 4.78 is 0. The Morgan fingerprint density at radius 3 is 2.71 bits per heavy atom. The van der Waals surface area contributed by atoms with Crippen molar-refractivity contribution in [3.63, 3.8) is 0 Å². The average molecular weight is 432 g/mol. The summed E-state index contributed by atoms with van der Waals surface area (Å²) in [7, 11) is 0. The van der Waals surface area contributed by atoms with Crippen molar-refractivity contribution in [3.05, 3.63) is 90.5 Å². The van der Waals surface area contributed by atoms with E-state index >= 15 is 0 Å². The third-order valence-electron chi connectivity index (χ3n) is 5.17. The number of carbonyl (C=O) groups is 1. The molecule has 7 heteroatoms. The van der Waals surface area contributed by atoms with Gasteiger partial charge in [0.05, 0.1) is 5.69 Å². The van der Waals surface area contributed by atoms with Crippen LogP contribution >= 0.6 is 11.6 Å². The van der Waals surface area contributed by atoms with Gasteiger partial charge >= 0.3 is 0 Å². The van der Waals surface area contributed by atoms with Crippen LogP contribution in [0.3, 0.4) is 0 Å². The maximum absolute atomic E-state index is 12.8. The number of benzene rings is 1. The lowest BCUT2D eigenvalue weighted by atomic mass is 9.80. The van der Waals surface area contributed by atoms with Gasteiger partial charge in [0.1, 0.15) is 0 Å². The molecule has 0 saturated heterocycles. The highest BCUT2D eigenvalue weighted by molar-refractivity contribution is 6.18. The van der Waals surface area contributed by atoms with E-state index in [0.29, 0.717) is 23.8 Å². The fourth-order valence-electron chi connectivity index (χ4n) is 3.24. The number of hydrogen-bond acceptors (Lipinski definition) is 5. The fourth-order valence-corrected chi connectivity index (χ4v) is 3.50. The lowest BCUT2D eigenvalue weighted by Crippen LogP contribution is -2.30. The first-order chi connectivity index (χ1) is 15.1. The first-order valence-corrected chi connectivity index (χ1v) is 10.5. The summed E-state index contributed by atoms with van der Waals surface area (Å²) >= 11 is 6.31. The first-order valence-electron chi connectivity index (χ1n) is 9.92. The van der Waals surface area contributed by atoms with E-state index in [9.17, 15) is 4.79 Å². The van der Waals surface area contributed by atoms with Crippen LogP contribution in [0.15, 0.2) is 90.5 Å². The van der Waals surface area contributed by atoms with Gasteiger partial charge < -0.3 is 10.6 Å². The van der Waals surface area contributed by atoms with Crippen LogP contribution in [0.25, 0.3) is 11.3 Å². The summed E-state index contributed by atoms with van der Waals surface area (Å²) in [5.41, 5.74) is 3.39. The number of halogens is 1. The number of aromatic nitrogens is 3. The number of nitrogens with zero attached hydrogens (tertiary/aromatic N) is 3. The molecule has 156 valence electrons. The van der Waals surface area contributed by atoms with Crippen LogP contribution < -0.4 is 10.6 Å². The predicted molar refractivity (Wildman–Crippen MR) is 124 cm³/mol. The Labute approximate surface area is 186 Å². The van der Waals surface area contributed by atoms with Gasteiger partial charge in [-0.15, -0.1) is 11.6 Å². The number of para-hydroxylation sites is 1. The highest BCUT2D eigenvalue weighted by atomic mass is 35.5. The Morgan fingerprint density at radius 2 is 1.97 bits per heavy atom. The van der Waals surface area contributed by atoms with Crippen LogP contribution in [0, 0.1) is 5.41 Å². The zero-order valence-corrected chi connectivity index (χ0v) is 17.8. The molecule has 1 atom stereocenters. The molecule has 1 amide bonds. The number of allylic oxidation sites excluding steroid dienone is 2. The zero-order chi connectivity index (χ0) is 21.7. The van der Waals surface area contributed by atoms with Crippen molar-refractivity contribution in [1.29, 1.82) is 0 Å². The minimum atomic E-state index is -0.369. The van der Waals surface area contributed by atoms with Crippen LogP contribution in [-0.2, 0) is 4.79 Å². The Hall–Kier alpha value is -3.51. The molecule has 31 heavy (non-hydrogen) atoms. The number of carbonyl (C=O) groups excluding carboxylic acids is 1. The highest BCUT2D eigenvalue weighted by Gasteiger charge is 2.32. The zero-order valence-electron chi connectivity index (χ0n) is 17.0. The summed E-state index contributed by atoms with van der Waals surface area (Å²) in [5.74, 6) is 0.652. The van der Waals surface area contributed by atoms with Gasteiger partial charge in [-0.25, -0.2) is 9.97 Å². The third-order valence-corrected chi connectivity index (χ3v) is 5.76. The highest BCUT2D eigenvalue weighted by Crippen LogP contribution is 2.38. The number of amides is 1. The lowest BCUT2D eigenvalue weighted by Gasteiger charge is -2.32. The molecule has 2 aromatic heterocycles. The maximum Gasteiger partial charge on any atom is 0.255 e. The minimum absolute atomic E-state index is 0.174. The van der Waals surface area contributed by atoms with E-state index in [4.69, 9.17) is 11.6 Å². The Morgan fingerprint density at radius 1 is 1.13 bits per heavy atom. The lowest BCUT2D eigenvalue weighted by molar-refractivity contribution is -0.112. The SMILES string of the molecule is CC1(CCl)CC=C(C(=O)Nc2ccccc2)C=C1Nc1nccc(-c2cccnc2)n1. The van der Waals surface area contributed by atoms with E-state index < -0.39 is 0 Å². The summed E-state index contributed by atoms with van der Waals surface area (Å²) in [4.78, 5) is 25.9. The number of rotatable bonds is 6. The van der Waals surface area contributed by atoms with Crippen molar-refractivity contribution in [2.45, 2.75) is 13.3 Å². The van der Waals surface area contributed by atoms with Crippen molar-refractivity contribution in [3.8, 4) is 11.3 Å². The van der Waals surface area contributed by atoms with Gasteiger partial charge in [-0.05, 0) is 42.8 Å². The molecule has 1 unspecified atom stereocenters. The minimum Gasteiger partial charge on any atom is -0.327 e. The van der Waals surface area contributed by atoms with Crippen molar-refractivity contribution < 1.29 is 4.79 Å². The smallest absolute Gasteiger partial charge is 0.255 e. The largest absolute Gasteiger partial charge is 0.327 e. The van der Waals surface area contributed by atoms with Crippen LogP contribution in [0.1, 0.15) is 13.3 Å². The molecule has 0 spiro atoms. The van der Waals surface area contributed by atoms with E-state index in [1.54, 1.807) is 18.6 Å². The number of alkyl halides is 1. The van der Waals surface area contributed by atoms with Crippen LogP contribution in [0.5, 0.6) is 0 Å². The molecule has 0 saturated carbocycles. The molecule has 3 aromatic rings. The molecule has 1 aliphatic rings. The molecule has 0 radical (unpaired) electrons. The van der Waals surface area contributed by atoms with Gasteiger partial charge in [-0.2, -0.15) is 0 Å². The van der Waals surface area contributed by atoms with Gasteiger partial charge in [0.2, 0.25) is 5.95 Å². The first kappa shape index (κ1) is 20.8. The van der Waals surface area contributed by atoms with Gasteiger partial charge in [-0.3, -0.25) is 9.78 Å². The van der Waals surface area contributed by atoms with Crippen LogP contribution in [0.4, 0.5) is 11.6 Å². The molecule has 0 bridgehead atoms. The van der Waals surface area contributed by atoms with E-state index in [1.165, 1.54) is 0 Å². The molecule has 4 rings (SSSR count). The molecule has 1 aromatic carbocycles. The predicted octanol–water partition coefficient (Wildman–Crippen LogP) is 5.05. The Kier molecular flexibility index (Phi) is 6.09. The quantitative estimate of drug-likeness (QED) is 0.534. The van der Waals surface area contributed by atoms with E-state index in [0.717, 1.165) is 22.6 Å². The second-order valence-electron chi connectivity index (χ2n) is 7.57. The van der Waals surface area contributed by atoms with Crippen molar-refractivity contribution >= 4 is 29.1 Å². The second kappa shape index (κ2) is 9.10. The molecule has 2 N–H and O–H groups in total. The van der Waals surface area contributed by atoms with Gasteiger partial charge in [0.25, 0.3) is 5.91 Å². The average Bonchev–Trinajstić information content (AvgIpc) is 2.82. The molecule has 6 nitrogen and oxygen atoms in total. The van der Waals surface area contributed by atoms with Crippen molar-refractivity contribution in [2.75, 3.05) is 16.5 Å². The third kappa shape index (κ3) is 4.81. The Balaban J connectivity index is 1.59. The molecule has 0 aliphatic heterocycles. The van der Waals surface area contributed by atoms with Gasteiger partial charge in [0, 0.05) is 52.4 Å². The molecular formula is C24H22ClN5O. The van der Waals surface area contributed by atoms with Crippen LogP contribution in [0.2, 0.25) is 0 Å². The molecule has 0 fully saturated rings. The molecule has 2 heterocycles. The summed E-state index contributed by atoms with van der Waals surface area (Å²) in [6.45, 7) is 2.05. The second-order valence-corrected chi connectivity index (χ2v) is 7.84. The van der Waals surface area contributed by atoms with Crippen molar-refractivity contribution in [1.82, 2.24) is 15.0 Å². The number of hydrogen-bond donors (Lipinski definition) is 2. The van der Waals surface area contributed by atoms with E-state index in [-0.39, 0.29) is 11.3 Å². The summed E-state index contributed by atoms with van der Waals surface area (Å²) in [6.07, 6.45) is 9.52. The van der Waals surface area contributed by atoms with E-state index in [1.807, 2.05) is 67.6 Å². The standard InChI is InChI=1S/C24H22ClN5O/c1-24(16-25)11-9-17(22(31)28-19-7-3-2-4-8-19)14-21(24)30-23-27-13-10-20(29-23)18-6-5-12-26-15-18/h2-10,12-15H,11,16H2,1H3,(H,28,31)(H,27,29,30). The monoisotopic (exact) mass is 431 g/mol. The van der Waals surface area contributed by atoms with Gasteiger partial charge in [-0.1, -0.05) is 31.2 Å². The van der Waals surface area contributed by atoms with Crippen molar-refractivity contribution in [2.24, 2.45) is 5.41 Å². The number of anilines is 2. The molecular weight excluding hydrogens is 410 g/mol. The topological polar surface area (TPSA) is 79.8 Å². The van der Waals surface area contributed by atoms with E-state index in [2.05, 4.69) is 25.6 Å². The number of pyridine rings is 1. The Bertz CT molecular complexity index is 1130.